The molecule has 0 spiro atoms. The van der Waals surface area contributed by atoms with Crippen LogP contribution < -0.4 is 0 Å². The van der Waals surface area contributed by atoms with Crippen LogP contribution in [0.1, 0.15) is 31.7 Å². The molecule has 1 aromatic rings. The Bertz CT molecular complexity index is 859. The minimum Gasteiger partial charge on any atom is -0.508 e. The first-order valence-corrected chi connectivity index (χ1v) is 11.3. The van der Waals surface area contributed by atoms with Crippen molar-refractivity contribution in [3.63, 3.8) is 0 Å². The molecule has 1 aromatic carbocycles. The highest BCUT2D eigenvalue weighted by atomic mass is 32.2. The quantitative estimate of drug-likeness (QED) is 0.534. The van der Waals surface area contributed by atoms with E-state index >= 15 is 0 Å². The van der Waals surface area contributed by atoms with Crippen molar-refractivity contribution in [2.75, 3.05) is 19.5 Å². The van der Waals surface area contributed by atoms with Crippen molar-refractivity contribution < 1.29 is 27.9 Å². The van der Waals surface area contributed by atoms with Crippen molar-refractivity contribution in [3.05, 3.63) is 46.5 Å². The van der Waals surface area contributed by atoms with Crippen LogP contribution in [0.5, 0.6) is 5.75 Å². The monoisotopic (exact) mass is 406 g/mol. The fraction of sp³-hybridized carbons (Fsp3) is 0.500. The normalized spacial score (nSPS) is 24.5. The number of rotatable bonds is 7. The summed E-state index contributed by atoms with van der Waals surface area (Å²) in [6.45, 7) is 2.34. The van der Waals surface area contributed by atoms with Gasteiger partial charge in [0, 0.05) is 13.4 Å². The number of hydrogen-bond acceptors (Lipinski definition) is 6. The van der Waals surface area contributed by atoms with Crippen LogP contribution >= 0.6 is 0 Å². The molecule has 2 aliphatic rings. The molecule has 2 atom stereocenters. The lowest BCUT2D eigenvalue weighted by Crippen LogP contribution is -2.42. The van der Waals surface area contributed by atoms with Gasteiger partial charge in [0.25, 0.3) is 0 Å². The van der Waals surface area contributed by atoms with Gasteiger partial charge in [-0.2, -0.15) is 0 Å². The lowest BCUT2D eigenvalue weighted by atomic mass is 9.74. The van der Waals surface area contributed by atoms with Gasteiger partial charge < -0.3 is 19.5 Å². The van der Waals surface area contributed by atoms with E-state index in [1.807, 2.05) is 12.1 Å². The summed E-state index contributed by atoms with van der Waals surface area (Å²) in [6, 6.07) is 7.00. The van der Waals surface area contributed by atoms with Crippen molar-refractivity contribution in [1.29, 1.82) is 0 Å². The molecule has 2 heterocycles. The molecule has 1 saturated heterocycles. The number of phenols is 1. The molecule has 152 valence electrons. The highest BCUT2D eigenvalue weighted by Crippen LogP contribution is 2.39. The topological polar surface area (TPSA) is 93.1 Å². The first kappa shape index (κ1) is 21.1. The van der Waals surface area contributed by atoms with E-state index in [0.29, 0.717) is 6.42 Å². The number of aromatic hydroxyl groups is 1. The zero-order chi connectivity index (χ0) is 20.3. The van der Waals surface area contributed by atoms with Crippen molar-refractivity contribution in [2.24, 2.45) is 0 Å². The van der Waals surface area contributed by atoms with Crippen LogP contribution in [0.3, 0.4) is 0 Å². The number of fused-ring (bicyclic) bond motifs is 1. The molecule has 2 aliphatic heterocycles. The molecule has 8 heteroatoms. The molecule has 2 N–H and O–H groups in total. The minimum atomic E-state index is -3.31. The van der Waals surface area contributed by atoms with E-state index in [1.165, 1.54) is 5.57 Å². The number of allylic oxidation sites excluding steroid dienone is 1. The van der Waals surface area contributed by atoms with Gasteiger partial charge in [-0.25, -0.2) is 8.42 Å². The highest BCUT2D eigenvalue weighted by Gasteiger charge is 2.48. The van der Waals surface area contributed by atoms with Gasteiger partial charge in [0.1, 0.15) is 5.75 Å². The third-order valence-electron chi connectivity index (χ3n) is 5.41. The van der Waals surface area contributed by atoms with Crippen LogP contribution in [0.15, 0.2) is 41.0 Å². The summed E-state index contributed by atoms with van der Waals surface area (Å²) in [6.07, 6.45) is 3.92. The van der Waals surface area contributed by atoms with Crippen molar-refractivity contribution in [3.8, 4) is 5.75 Å². The SMILES string of the molecule is CC/C(=C\c1ccc(O)cc1)CC[C@H]1OB(O)C[C@H]2C1=C(COC)CS2(=O)=O. The number of ether oxygens (including phenoxy) is 1. The lowest BCUT2D eigenvalue weighted by Gasteiger charge is -2.32. The Kier molecular flexibility index (Phi) is 6.65. The Hall–Kier alpha value is -1.61. The zero-order valence-corrected chi connectivity index (χ0v) is 17.1. The second-order valence-electron chi connectivity index (χ2n) is 7.39. The molecule has 0 aliphatic carbocycles. The lowest BCUT2D eigenvalue weighted by molar-refractivity contribution is 0.166. The van der Waals surface area contributed by atoms with Crippen LogP contribution in [0, 0.1) is 0 Å². The van der Waals surface area contributed by atoms with Gasteiger partial charge in [-0.3, -0.25) is 0 Å². The second kappa shape index (κ2) is 8.82. The van der Waals surface area contributed by atoms with Gasteiger partial charge in [0.15, 0.2) is 9.84 Å². The molecule has 0 bridgehead atoms. The van der Waals surface area contributed by atoms with E-state index < -0.39 is 28.3 Å². The Morgan fingerprint density at radius 2 is 2.07 bits per heavy atom. The second-order valence-corrected chi connectivity index (χ2v) is 9.57. The van der Waals surface area contributed by atoms with Gasteiger partial charge in [-0.15, -0.1) is 0 Å². The largest absolute Gasteiger partial charge is 0.508 e. The van der Waals surface area contributed by atoms with Crippen LogP contribution in [-0.2, 0) is 19.2 Å². The summed E-state index contributed by atoms with van der Waals surface area (Å²) >= 11 is 0. The Labute approximate surface area is 166 Å². The number of phenolic OH excluding ortho intramolecular Hbond substituents is 1. The first-order valence-electron chi connectivity index (χ1n) is 9.58. The summed E-state index contributed by atoms with van der Waals surface area (Å²) < 4.78 is 36.0. The van der Waals surface area contributed by atoms with Gasteiger partial charge in [-0.05, 0) is 48.1 Å². The minimum absolute atomic E-state index is 0.0165. The smallest absolute Gasteiger partial charge is 0.456 e. The number of hydrogen-bond donors (Lipinski definition) is 2. The van der Waals surface area contributed by atoms with E-state index in [4.69, 9.17) is 9.39 Å². The van der Waals surface area contributed by atoms with Crippen LogP contribution in [-0.4, -0.2) is 56.5 Å². The van der Waals surface area contributed by atoms with Crippen molar-refractivity contribution in [2.45, 2.75) is 43.9 Å². The van der Waals surface area contributed by atoms with Gasteiger partial charge in [0.2, 0.25) is 0 Å². The fourth-order valence-electron chi connectivity index (χ4n) is 4.05. The van der Waals surface area contributed by atoms with Crippen molar-refractivity contribution >= 4 is 23.0 Å². The summed E-state index contributed by atoms with van der Waals surface area (Å²) in [5.74, 6) is 0.211. The molecule has 0 unspecified atom stereocenters. The maximum atomic E-state index is 12.5. The van der Waals surface area contributed by atoms with Crippen molar-refractivity contribution in [1.82, 2.24) is 0 Å². The average molecular weight is 406 g/mol. The molecular formula is C20H27BO6S. The maximum Gasteiger partial charge on any atom is 0.456 e. The zero-order valence-electron chi connectivity index (χ0n) is 16.3. The molecule has 0 aromatic heterocycles. The number of sulfone groups is 1. The van der Waals surface area contributed by atoms with Crippen LogP contribution in [0.2, 0.25) is 6.32 Å². The summed E-state index contributed by atoms with van der Waals surface area (Å²) in [4.78, 5) is 0. The van der Waals surface area contributed by atoms with Crippen LogP contribution in [0.25, 0.3) is 6.08 Å². The Morgan fingerprint density at radius 3 is 2.71 bits per heavy atom. The summed E-state index contributed by atoms with van der Waals surface area (Å²) in [5, 5.41) is 18.8. The average Bonchev–Trinajstić information content (AvgIpc) is 2.90. The van der Waals surface area contributed by atoms with E-state index in [0.717, 1.165) is 29.6 Å². The molecule has 0 radical (unpaired) electrons. The molecule has 0 saturated carbocycles. The molecule has 28 heavy (non-hydrogen) atoms. The molecule has 0 amide bonds. The fourth-order valence-corrected chi connectivity index (χ4v) is 6.15. The summed E-state index contributed by atoms with van der Waals surface area (Å²) in [5.41, 5.74) is 3.75. The molecular weight excluding hydrogens is 379 g/mol. The van der Waals surface area contributed by atoms with Gasteiger partial charge >= 0.3 is 7.12 Å². The van der Waals surface area contributed by atoms with Crippen LogP contribution in [0.4, 0.5) is 0 Å². The molecule has 6 nitrogen and oxygen atoms in total. The van der Waals surface area contributed by atoms with E-state index in [1.54, 1.807) is 19.2 Å². The maximum absolute atomic E-state index is 12.5. The number of benzene rings is 1. The van der Waals surface area contributed by atoms with E-state index in [9.17, 15) is 18.5 Å². The third kappa shape index (κ3) is 4.68. The van der Waals surface area contributed by atoms with Gasteiger partial charge in [-0.1, -0.05) is 30.7 Å². The Balaban J connectivity index is 1.79. The number of methoxy groups -OCH3 is 1. The summed E-state index contributed by atoms with van der Waals surface area (Å²) in [7, 11) is -2.83. The van der Waals surface area contributed by atoms with E-state index in [2.05, 4.69) is 13.0 Å². The van der Waals surface area contributed by atoms with E-state index in [-0.39, 0.29) is 24.4 Å². The highest BCUT2D eigenvalue weighted by molar-refractivity contribution is 7.92. The first-order chi connectivity index (χ1) is 13.3. The predicted molar refractivity (Wildman–Crippen MR) is 110 cm³/mol. The third-order valence-corrected chi connectivity index (χ3v) is 7.48. The Morgan fingerprint density at radius 1 is 1.36 bits per heavy atom. The standard InChI is InChI=1S/C20H27BO6S/c1-3-14(10-15-4-7-17(22)8-5-15)6-9-18-20-16(12-26-2)13-28(24,25)19(20)11-21(23)27-18/h4-5,7-8,10,18-19,22-23H,3,6,9,11-13H2,1-2H3/b14-10+/t18-,19+/m1/s1. The van der Waals surface area contributed by atoms with Gasteiger partial charge in [0.05, 0.1) is 23.7 Å². The molecule has 3 rings (SSSR count). The predicted octanol–water partition coefficient (Wildman–Crippen LogP) is 2.59. The molecule has 1 fully saturated rings.